The Morgan fingerprint density at radius 1 is 1.18 bits per heavy atom. The van der Waals surface area contributed by atoms with Gasteiger partial charge < -0.3 is 14.9 Å². The van der Waals surface area contributed by atoms with Crippen molar-refractivity contribution in [3.05, 3.63) is 35.5 Å². The quantitative estimate of drug-likeness (QED) is 0.554. The number of para-hydroxylation sites is 1. The highest BCUT2D eigenvalue weighted by Gasteiger charge is 2.44. The van der Waals surface area contributed by atoms with Crippen LogP contribution in [0.5, 0.6) is 0 Å². The fourth-order valence-electron chi connectivity index (χ4n) is 5.04. The number of aromatic nitrogens is 5. The van der Waals surface area contributed by atoms with Gasteiger partial charge in [-0.3, -0.25) is 0 Å². The third-order valence-corrected chi connectivity index (χ3v) is 8.14. The summed E-state index contributed by atoms with van der Waals surface area (Å²) in [4.78, 5) is 23.1. The summed E-state index contributed by atoms with van der Waals surface area (Å²) in [6.45, 7) is 9.44. The second kappa shape index (κ2) is 8.49. The van der Waals surface area contributed by atoms with Crippen LogP contribution in [0.25, 0.3) is 10.7 Å². The second-order valence-electron chi connectivity index (χ2n) is 10.3. The topological polar surface area (TPSA) is 100 Å². The lowest BCUT2D eigenvalue weighted by molar-refractivity contribution is -0.145. The van der Waals surface area contributed by atoms with Gasteiger partial charge in [0.05, 0.1) is 21.8 Å². The van der Waals surface area contributed by atoms with Crippen LogP contribution in [0.1, 0.15) is 39.7 Å². The van der Waals surface area contributed by atoms with E-state index in [0.29, 0.717) is 5.82 Å². The van der Waals surface area contributed by atoms with Crippen LogP contribution >= 0.6 is 22.9 Å². The number of carboxylic acid groups (broad SMARTS) is 1. The first-order valence-corrected chi connectivity index (χ1v) is 12.6. The summed E-state index contributed by atoms with van der Waals surface area (Å²) in [5.41, 5.74) is 0.791. The molecule has 0 amide bonds. The van der Waals surface area contributed by atoms with E-state index in [4.69, 9.17) is 11.6 Å². The number of carbonyl (C=O) groups is 1. The van der Waals surface area contributed by atoms with Crippen molar-refractivity contribution in [3.8, 4) is 10.7 Å². The van der Waals surface area contributed by atoms with Gasteiger partial charge in [0, 0.05) is 31.6 Å². The van der Waals surface area contributed by atoms with E-state index >= 15 is 0 Å². The minimum Gasteiger partial charge on any atom is -0.480 e. The van der Waals surface area contributed by atoms with Gasteiger partial charge in [-0.25, -0.2) is 9.78 Å². The Morgan fingerprint density at radius 3 is 2.59 bits per heavy atom. The number of halogens is 1. The third kappa shape index (κ3) is 4.24. The van der Waals surface area contributed by atoms with Crippen LogP contribution in [0.4, 0.5) is 10.8 Å². The van der Waals surface area contributed by atoms with E-state index in [1.54, 1.807) is 6.20 Å². The van der Waals surface area contributed by atoms with Gasteiger partial charge >= 0.3 is 5.97 Å². The highest BCUT2D eigenvalue weighted by molar-refractivity contribution is 7.18. The monoisotopic (exact) mass is 501 g/mol. The highest BCUT2D eigenvalue weighted by Crippen LogP contribution is 2.44. The Morgan fingerprint density at radius 2 is 1.88 bits per heavy atom. The number of thiazole rings is 1. The summed E-state index contributed by atoms with van der Waals surface area (Å²) in [5.74, 6) is -0.579. The van der Waals surface area contributed by atoms with Crippen molar-refractivity contribution in [1.82, 2.24) is 25.2 Å². The average molecular weight is 502 g/mol. The van der Waals surface area contributed by atoms with Crippen molar-refractivity contribution in [2.45, 2.75) is 39.7 Å². The van der Waals surface area contributed by atoms with Gasteiger partial charge in [0.2, 0.25) is 5.82 Å². The molecule has 2 aromatic heterocycles. The van der Waals surface area contributed by atoms with Crippen molar-refractivity contribution in [1.29, 1.82) is 0 Å². The smallest absolute Gasteiger partial charge is 0.331 e. The number of benzene rings is 1. The molecule has 2 fully saturated rings. The predicted octanol–water partition coefficient (Wildman–Crippen LogP) is 4.23. The maximum Gasteiger partial charge on any atom is 0.331 e. The van der Waals surface area contributed by atoms with Gasteiger partial charge in [-0.1, -0.05) is 55.8 Å². The van der Waals surface area contributed by atoms with E-state index in [1.807, 2.05) is 39.0 Å². The Kier molecular flexibility index (Phi) is 5.76. The van der Waals surface area contributed by atoms with E-state index in [9.17, 15) is 9.90 Å². The Bertz CT molecular complexity index is 1210. The van der Waals surface area contributed by atoms with Crippen LogP contribution < -0.4 is 9.80 Å². The fraction of sp³-hybridized carbons (Fsp3) is 0.522. The first kappa shape index (κ1) is 23.0. The number of tetrazole rings is 1. The Labute approximate surface area is 207 Å². The summed E-state index contributed by atoms with van der Waals surface area (Å²) in [7, 11) is 0. The molecule has 0 aliphatic carbocycles. The summed E-state index contributed by atoms with van der Waals surface area (Å²) in [5, 5.41) is 23.9. The number of nitrogens with zero attached hydrogens (tertiary/aromatic N) is 7. The Balaban J connectivity index is 1.29. The number of rotatable bonds is 5. The molecule has 34 heavy (non-hydrogen) atoms. The zero-order valence-electron chi connectivity index (χ0n) is 19.5. The van der Waals surface area contributed by atoms with Crippen LogP contribution in [-0.4, -0.2) is 62.4 Å². The molecule has 3 aromatic rings. The third-order valence-electron chi connectivity index (χ3n) is 6.77. The van der Waals surface area contributed by atoms with Crippen LogP contribution in [0.3, 0.4) is 0 Å². The lowest BCUT2D eigenvalue weighted by atomic mass is 9.86. The first-order chi connectivity index (χ1) is 16.2. The van der Waals surface area contributed by atoms with Gasteiger partial charge in [-0.2, -0.15) is 0 Å². The number of hydrogen-bond acceptors (Lipinski definition) is 8. The van der Waals surface area contributed by atoms with Gasteiger partial charge in [-0.15, -0.1) is 15.0 Å². The van der Waals surface area contributed by atoms with Gasteiger partial charge in [0.1, 0.15) is 0 Å². The average Bonchev–Trinajstić information content (AvgIpc) is 3.54. The number of carboxylic acids is 1. The van der Waals surface area contributed by atoms with E-state index < -0.39 is 17.4 Å². The molecule has 2 aliphatic rings. The molecule has 4 heterocycles. The van der Waals surface area contributed by atoms with Crippen LogP contribution in [0.2, 0.25) is 5.02 Å². The van der Waals surface area contributed by atoms with Gasteiger partial charge in [-0.05, 0) is 35.6 Å². The lowest BCUT2D eigenvalue weighted by Crippen LogP contribution is -2.33. The fourth-order valence-corrected chi connectivity index (χ4v) is 6.16. The molecule has 1 aromatic carbocycles. The first-order valence-electron chi connectivity index (χ1n) is 11.4. The summed E-state index contributed by atoms with van der Waals surface area (Å²) in [6.07, 6.45) is 4.00. The van der Waals surface area contributed by atoms with E-state index in [0.717, 1.165) is 59.7 Å². The van der Waals surface area contributed by atoms with E-state index in [2.05, 4.69) is 36.3 Å². The molecule has 5 rings (SSSR count). The normalized spacial score (nSPS) is 21.5. The number of hydrogen-bond donors (Lipinski definition) is 1. The van der Waals surface area contributed by atoms with Crippen LogP contribution in [0.15, 0.2) is 30.5 Å². The minimum atomic E-state index is -0.980. The minimum absolute atomic E-state index is 0.230. The zero-order valence-corrected chi connectivity index (χ0v) is 21.1. The van der Waals surface area contributed by atoms with Crippen LogP contribution in [0, 0.1) is 10.8 Å². The van der Waals surface area contributed by atoms with Gasteiger partial charge in [0.15, 0.2) is 11.2 Å². The largest absolute Gasteiger partial charge is 0.480 e. The molecule has 2 unspecified atom stereocenters. The summed E-state index contributed by atoms with van der Waals surface area (Å²) < 4.78 is 0. The molecule has 2 aliphatic heterocycles. The summed E-state index contributed by atoms with van der Waals surface area (Å²) >= 11 is 7.96. The van der Waals surface area contributed by atoms with E-state index in [-0.39, 0.29) is 5.41 Å². The van der Waals surface area contributed by atoms with Crippen LogP contribution in [-0.2, 0) is 4.79 Å². The number of anilines is 2. The van der Waals surface area contributed by atoms with Gasteiger partial charge in [0.25, 0.3) is 0 Å². The standard InChI is InChI=1S/C23H28ClN7O2S/c1-22(2,3)18(20(32)33)31-27-19(26-28-31)17-12-25-21(34-17)30-11-9-23(14-30)8-10-29(13-23)16-7-5-4-6-15(16)24/h4-7,12,18H,8-11,13-14H2,1-3H3,(H,32,33). The van der Waals surface area contributed by atoms with Crippen molar-refractivity contribution in [2.24, 2.45) is 10.8 Å². The Hall–Kier alpha value is -2.72. The molecule has 1 spiro atoms. The zero-order chi connectivity index (χ0) is 24.1. The molecular formula is C23H28ClN7O2S. The predicted molar refractivity (Wildman–Crippen MR) is 133 cm³/mol. The van der Waals surface area contributed by atoms with Crippen molar-refractivity contribution >= 4 is 39.7 Å². The molecular weight excluding hydrogens is 474 g/mol. The SMILES string of the molecule is CC(C)(C)C(C(=O)O)n1nnc(-c2cnc(N3CCC4(CCN(c5ccccc5Cl)C4)C3)s2)n1. The molecule has 0 saturated carbocycles. The molecule has 9 nitrogen and oxygen atoms in total. The second-order valence-corrected chi connectivity index (χ2v) is 11.8. The highest BCUT2D eigenvalue weighted by atomic mass is 35.5. The van der Waals surface area contributed by atoms with Crippen molar-refractivity contribution < 1.29 is 9.90 Å². The van der Waals surface area contributed by atoms with Crippen molar-refractivity contribution in [3.63, 3.8) is 0 Å². The molecule has 11 heteroatoms. The lowest BCUT2D eigenvalue weighted by Gasteiger charge is -2.26. The summed E-state index contributed by atoms with van der Waals surface area (Å²) in [6, 6.07) is 7.14. The van der Waals surface area contributed by atoms with Crippen molar-refractivity contribution in [2.75, 3.05) is 36.0 Å². The molecule has 0 bridgehead atoms. The molecule has 2 saturated heterocycles. The molecule has 1 N–H and O–H groups in total. The number of aliphatic carboxylic acids is 1. The molecule has 180 valence electrons. The maximum absolute atomic E-state index is 11.8. The maximum atomic E-state index is 11.8. The van der Waals surface area contributed by atoms with E-state index in [1.165, 1.54) is 16.1 Å². The molecule has 2 atom stereocenters. The molecule has 0 radical (unpaired) electrons.